The average Bonchev–Trinajstić information content (AvgIpc) is 3.50. The Balaban J connectivity index is 1.63. The predicted molar refractivity (Wildman–Crippen MR) is 121 cm³/mol. The monoisotopic (exact) mass is 459 g/mol. The van der Waals surface area contributed by atoms with Crippen LogP contribution in [0, 0.1) is 0 Å². The molecule has 0 saturated carbocycles. The number of hydrogen-bond donors (Lipinski definition) is 1. The van der Waals surface area contributed by atoms with Gasteiger partial charge in [0.1, 0.15) is 18.4 Å². The average molecular weight is 459 g/mol. The van der Waals surface area contributed by atoms with E-state index in [1.54, 1.807) is 39.4 Å². The lowest BCUT2D eigenvalue weighted by Crippen LogP contribution is -2.22. The standard InChI is InChI=1S/C23H21N7O4/c1-29(2)23(32)13-8-9-17(24-11-13)20(31)19-15-6-4-5-7-16(15)21-25-26-22(30(21)27-19)18-10-14(12-33-3)34-28-18/h4-11,20,31H,12H2,1-3H3. The highest BCUT2D eigenvalue weighted by molar-refractivity contribution is 5.96. The number of hydrogen-bond acceptors (Lipinski definition) is 9. The summed E-state index contributed by atoms with van der Waals surface area (Å²) >= 11 is 0. The van der Waals surface area contributed by atoms with Gasteiger partial charge in [-0.05, 0) is 12.1 Å². The highest BCUT2D eigenvalue weighted by Gasteiger charge is 2.23. The first-order valence-electron chi connectivity index (χ1n) is 10.4. The summed E-state index contributed by atoms with van der Waals surface area (Å²) in [6.45, 7) is 0.266. The third-order valence-electron chi connectivity index (χ3n) is 5.35. The zero-order chi connectivity index (χ0) is 23.8. The fraction of sp³-hybridized carbons (Fsp3) is 0.217. The van der Waals surface area contributed by atoms with Crippen molar-refractivity contribution >= 4 is 22.3 Å². The second-order valence-electron chi connectivity index (χ2n) is 7.88. The summed E-state index contributed by atoms with van der Waals surface area (Å²) in [4.78, 5) is 18.0. The van der Waals surface area contributed by atoms with E-state index in [-0.39, 0.29) is 12.5 Å². The Bertz CT molecular complexity index is 1490. The second kappa shape index (κ2) is 8.61. The van der Waals surface area contributed by atoms with E-state index >= 15 is 0 Å². The number of nitrogens with zero attached hydrogens (tertiary/aromatic N) is 7. The van der Waals surface area contributed by atoms with E-state index in [0.29, 0.717) is 45.3 Å². The van der Waals surface area contributed by atoms with Gasteiger partial charge in [-0.1, -0.05) is 29.4 Å². The molecule has 1 atom stereocenters. The number of carbonyl (C=O) groups excluding carboxylic acids is 1. The van der Waals surface area contributed by atoms with Crippen molar-refractivity contribution in [3.8, 4) is 11.5 Å². The number of carbonyl (C=O) groups is 1. The van der Waals surface area contributed by atoms with Crippen LogP contribution in [0.2, 0.25) is 0 Å². The van der Waals surface area contributed by atoms with Crippen LogP contribution in [0.1, 0.15) is 33.6 Å². The molecule has 172 valence electrons. The fourth-order valence-corrected chi connectivity index (χ4v) is 3.69. The third-order valence-corrected chi connectivity index (χ3v) is 5.35. The first kappa shape index (κ1) is 21.6. The molecule has 4 aromatic heterocycles. The fourth-order valence-electron chi connectivity index (χ4n) is 3.69. The highest BCUT2D eigenvalue weighted by atomic mass is 16.5. The van der Waals surface area contributed by atoms with Gasteiger partial charge in [-0.25, -0.2) is 0 Å². The van der Waals surface area contributed by atoms with Crippen molar-refractivity contribution in [2.45, 2.75) is 12.7 Å². The van der Waals surface area contributed by atoms with Crippen molar-refractivity contribution in [2.24, 2.45) is 0 Å². The van der Waals surface area contributed by atoms with Crippen LogP contribution in [-0.2, 0) is 11.3 Å². The van der Waals surface area contributed by atoms with Crippen LogP contribution in [0.15, 0.2) is 53.2 Å². The molecule has 4 heterocycles. The lowest BCUT2D eigenvalue weighted by atomic mass is 10.0. The smallest absolute Gasteiger partial charge is 0.254 e. The van der Waals surface area contributed by atoms with Crippen LogP contribution in [0.3, 0.4) is 0 Å². The first-order chi connectivity index (χ1) is 16.5. The van der Waals surface area contributed by atoms with Gasteiger partial charge in [-0.15, -0.1) is 10.2 Å². The van der Waals surface area contributed by atoms with Crippen molar-refractivity contribution in [1.82, 2.24) is 34.9 Å². The van der Waals surface area contributed by atoms with Gasteiger partial charge in [0.2, 0.25) is 5.82 Å². The number of aliphatic hydroxyl groups is 1. The molecule has 0 radical (unpaired) electrons. The molecule has 1 amide bonds. The molecule has 5 aromatic rings. The molecule has 0 fully saturated rings. The zero-order valence-corrected chi connectivity index (χ0v) is 18.7. The summed E-state index contributed by atoms with van der Waals surface area (Å²) in [5.41, 5.74) is 2.09. The van der Waals surface area contributed by atoms with Gasteiger partial charge in [0.25, 0.3) is 5.91 Å². The number of aliphatic hydroxyl groups excluding tert-OH is 1. The lowest BCUT2D eigenvalue weighted by molar-refractivity contribution is 0.0827. The van der Waals surface area contributed by atoms with E-state index in [1.165, 1.54) is 15.6 Å². The number of methoxy groups -OCH3 is 1. The van der Waals surface area contributed by atoms with Crippen molar-refractivity contribution in [3.05, 3.63) is 71.4 Å². The van der Waals surface area contributed by atoms with Crippen molar-refractivity contribution < 1.29 is 19.2 Å². The number of benzene rings is 1. The largest absolute Gasteiger partial charge is 0.380 e. The topological polar surface area (TPSA) is 132 Å². The normalized spacial score (nSPS) is 12.4. The van der Waals surface area contributed by atoms with Gasteiger partial charge >= 0.3 is 0 Å². The third kappa shape index (κ3) is 3.66. The maximum absolute atomic E-state index is 12.2. The van der Waals surface area contributed by atoms with Crippen LogP contribution < -0.4 is 0 Å². The molecule has 0 aliphatic carbocycles. The van der Waals surface area contributed by atoms with Gasteiger partial charge < -0.3 is 19.3 Å². The number of aromatic nitrogens is 6. The number of amides is 1. The van der Waals surface area contributed by atoms with E-state index in [9.17, 15) is 9.90 Å². The van der Waals surface area contributed by atoms with E-state index in [2.05, 4.69) is 25.4 Å². The Labute approximate surface area is 193 Å². The van der Waals surface area contributed by atoms with Gasteiger partial charge in [-0.3, -0.25) is 9.78 Å². The van der Waals surface area contributed by atoms with Crippen LogP contribution in [-0.4, -0.2) is 67.1 Å². The van der Waals surface area contributed by atoms with Gasteiger partial charge in [0, 0.05) is 44.2 Å². The van der Waals surface area contributed by atoms with Crippen molar-refractivity contribution in [1.29, 1.82) is 0 Å². The van der Waals surface area contributed by atoms with E-state index in [1.807, 2.05) is 24.3 Å². The summed E-state index contributed by atoms with van der Waals surface area (Å²) in [7, 11) is 4.90. The van der Waals surface area contributed by atoms with Crippen molar-refractivity contribution in [2.75, 3.05) is 21.2 Å². The highest BCUT2D eigenvalue weighted by Crippen LogP contribution is 2.30. The summed E-state index contributed by atoms with van der Waals surface area (Å²) in [5.74, 6) is 0.722. The van der Waals surface area contributed by atoms with Gasteiger partial charge in [-0.2, -0.15) is 9.61 Å². The minimum atomic E-state index is -1.16. The van der Waals surface area contributed by atoms with E-state index in [0.717, 1.165) is 5.39 Å². The zero-order valence-electron chi connectivity index (χ0n) is 18.7. The molecule has 1 unspecified atom stereocenters. The molecule has 0 bridgehead atoms. The Morgan fingerprint density at radius 1 is 1.18 bits per heavy atom. The van der Waals surface area contributed by atoms with Crippen LogP contribution >= 0.6 is 0 Å². The Kier molecular flexibility index (Phi) is 5.48. The van der Waals surface area contributed by atoms with E-state index < -0.39 is 6.10 Å². The molecule has 5 rings (SSSR count). The van der Waals surface area contributed by atoms with Crippen LogP contribution in [0.5, 0.6) is 0 Å². The predicted octanol–water partition coefficient (Wildman–Crippen LogP) is 2.26. The molecule has 0 spiro atoms. The summed E-state index contributed by atoms with van der Waals surface area (Å²) in [5, 5.41) is 30.0. The van der Waals surface area contributed by atoms with Crippen LogP contribution in [0.25, 0.3) is 27.9 Å². The molecule has 0 saturated heterocycles. The minimum absolute atomic E-state index is 0.173. The molecular formula is C23H21N7O4. The molecule has 34 heavy (non-hydrogen) atoms. The second-order valence-corrected chi connectivity index (χ2v) is 7.88. The number of fused-ring (bicyclic) bond motifs is 3. The SMILES string of the molecule is COCc1cc(-c2nnc3c4ccccc4c(C(O)c4ccc(C(=O)N(C)C)cn4)nn23)no1. The summed E-state index contributed by atoms with van der Waals surface area (Å²) in [6.07, 6.45) is 0.285. The van der Waals surface area contributed by atoms with E-state index in [4.69, 9.17) is 9.26 Å². The van der Waals surface area contributed by atoms with Crippen LogP contribution in [0.4, 0.5) is 0 Å². The molecule has 0 aliphatic rings. The molecule has 1 aromatic carbocycles. The lowest BCUT2D eigenvalue weighted by Gasteiger charge is -2.14. The number of pyridine rings is 1. The maximum atomic E-state index is 12.2. The Morgan fingerprint density at radius 2 is 1.97 bits per heavy atom. The van der Waals surface area contributed by atoms with Gasteiger partial charge in [0.15, 0.2) is 17.1 Å². The number of rotatable bonds is 6. The quantitative estimate of drug-likeness (QED) is 0.406. The number of ether oxygens (including phenoxy) is 1. The molecular weight excluding hydrogens is 438 g/mol. The summed E-state index contributed by atoms with van der Waals surface area (Å²) < 4.78 is 11.9. The molecule has 0 aliphatic heterocycles. The molecule has 1 N–H and O–H groups in total. The Hall–Kier alpha value is -4.22. The van der Waals surface area contributed by atoms with Crippen molar-refractivity contribution in [3.63, 3.8) is 0 Å². The molecule has 11 heteroatoms. The molecule has 11 nitrogen and oxygen atoms in total. The minimum Gasteiger partial charge on any atom is -0.380 e. The maximum Gasteiger partial charge on any atom is 0.254 e. The summed E-state index contributed by atoms with van der Waals surface area (Å²) in [6, 6.07) is 12.4. The first-order valence-corrected chi connectivity index (χ1v) is 10.4. The Morgan fingerprint density at radius 3 is 2.68 bits per heavy atom. The van der Waals surface area contributed by atoms with Gasteiger partial charge in [0.05, 0.1) is 11.3 Å².